The van der Waals surface area contributed by atoms with E-state index in [1.54, 1.807) is 19.1 Å². The van der Waals surface area contributed by atoms with Gasteiger partial charge in [0.2, 0.25) is 0 Å². The average molecular weight is 278 g/mol. The number of anilines is 1. The van der Waals surface area contributed by atoms with Crippen molar-refractivity contribution in [3.05, 3.63) is 52.5 Å². The molecule has 98 valence electrons. The van der Waals surface area contributed by atoms with Gasteiger partial charge in [-0.2, -0.15) is 0 Å². The molecule has 0 unspecified atom stereocenters. The van der Waals surface area contributed by atoms with Crippen LogP contribution in [0.15, 0.2) is 36.4 Å². The molecule has 5 heteroatoms. The van der Waals surface area contributed by atoms with Gasteiger partial charge >= 0.3 is 0 Å². The van der Waals surface area contributed by atoms with Gasteiger partial charge in [0.1, 0.15) is 11.5 Å². The second-order valence-corrected chi connectivity index (χ2v) is 4.53. The van der Waals surface area contributed by atoms with E-state index in [2.05, 4.69) is 5.32 Å². The average Bonchev–Trinajstić information content (AvgIpc) is 2.36. The van der Waals surface area contributed by atoms with Crippen molar-refractivity contribution < 1.29 is 15.0 Å². The molecule has 0 saturated heterocycles. The lowest BCUT2D eigenvalue weighted by atomic mass is 10.1. The van der Waals surface area contributed by atoms with Gasteiger partial charge in [0.25, 0.3) is 5.91 Å². The van der Waals surface area contributed by atoms with Gasteiger partial charge in [-0.25, -0.2) is 0 Å². The number of amides is 1. The lowest BCUT2D eigenvalue weighted by Gasteiger charge is -2.08. The molecular weight excluding hydrogens is 266 g/mol. The highest BCUT2D eigenvalue weighted by Crippen LogP contribution is 2.26. The van der Waals surface area contributed by atoms with Crippen LogP contribution >= 0.6 is 11.6 Å². The zero-order valence-electron chi connectivity index (χ0n) is 10.1. The predicted molar refractivity (Wildman–Crippen MR) is 73.9 cm³/mol. The Balaban J connectivity index is 2.23. The second-order valence-electron chi connectivity index (χ2n) is 4.12. The third kappa shape index (κ3) is 2.98. The monoisotopic (exact) mass is 277 g/mol. The Morgan fingerprint density at radius 2 is 1.89 bits per heavy atom. The molecule has 2 aromatic carbocycles. The molecule has 3 N–H and O–H groups in total. The molecule has 0 heterocycles. The van der Waals surface area contributed by atoms with Gasteiger partial charge in [0.05, 0.1) is 10.7 Å². The maximum Gasteiger partial charge on any atom is 0.255 e. The number of carbonyl (C=O) groups is 1. The highest BCUT2D eigenvalue weighted by Gasteiger charge is 2.10. The molecule has 1 amide bonds. The molecule has 0 aliphatic carbocycles. The molecule has 0 radical (unpaired) electrons. The van der Waals surface area contributed by atoms with E-state index in [4.69, 9.17) is 11.6 Å². The maximum atomic E-state index is 12.0. The van der Waals surface area contributed by atoms with E-state index in [1.165, 1.54) is 24.3 Å². The van der Waals surface area contributed by atoms with E-state index in [0.717, 1.165) is 0 Å². The van der Waals surface area contributed by atoms with Crippen molar-refractivity contribution in [3.8, 4) is 11.5 Å². The summed E-state index contributed by atoms with van der Waals surface area (Å²) >= 11 is 5.89. The van der Waals surface area contributed by atoms with E-state index in [9.17, 15) is 15.0 Å². The van der Waals surface area contributed by atoms with E-state index in [0.29, 0.717) is 16.8 Å². The van der Waals surface area contributed by atoms with Crippen molar-refractivity contribution in [3.63, 3.8) is 0 Å². The van der Waals surface area contributed by atoms with Crippen LogP contribution in [-0.2, 0) is 0 Å². The van der Waals surface area contributed by atoms with Crippen LogP contribution in [0.3, 0.4) is 0 Å². The Morgan fingerprint density at radius 1 is 1.16 bits per heavy atom. The first kappa shape index (κ1) is 13.2. The molecule has 0 fully saturated rings. The zero-order chi connectivity index (χ0) is 14.0. The van der Waals surface area contributed by atoms with Crippen molar-refractivity contribution in [1.29, 1.82) is 0 Å². The molecule has 0 aliphatic rings. The Hall–Kier alpha value is -2.20. The SMILES string of the molecule is Cc1ccc(C(=O)Nc2ccc(O)cc2Cl)cc1O. The lowest BCUT2D eigenvalue weighted by Crippen LogP contribution is -2.12. The number of phenols is 2. The standard InChI is InChI=1S/C14H12ClNO3/c1-8-2-3-9(6-13(8)18)14(19)16-12-5-4-10(17)7-11(12)15/h2-7,17-18H,1H3,(H,16,19). The summed E-state index contributed by atoms with van der Waals surface area (Å²) in [6, 6.07) is 8.92. The van der Waals surface area contributed by atoms with Crippen LogP contribution in [0.5, 0.6) is 11.5 Å². The Labute approximate surface area is 115 Å². The molecular formula is C14H12ClNO3. The maximum absolute atomic E-state index is 12.0. The minimum atomic E-state index is -0.386. The Morgan fingerprint density at radius 3 is 2.53 bits per heavy atom. The first-order valence-corrected chi connectivity index (χ1v) is 5.94. The fourth-order valence-corrected chi connectivity index (χ4v) is 1.77. The van der Waals surface area contributed by atoms with E-state index < -0.39 is 0 Å². The summed E-state index contributed by atoms with van der Waals surface area (Å²) in [5.41, 5.74) is 1.41. The number of hydrogen-bond acceptors (Lipinski definition) is 3. The first-order chi connectivity index (χ1) is 8.97. The van der Waals surface area contributed by atoms with Crippen molar-refractivity contribution in [1.82, 2.24) is 0 Å². The number of nitrogens with one attached hydrogen (secondary N) is 1. The minimum absolute atomic E-state index is 0.0241. The number of phenolic OH excluding ortho intramolecular Hbond substituents is 2. The minimum Gasteiger partial charge on any atom is -0.508 e. The van der Waals surface area contributed by atoms with Crippen molar-refractivity contribution >= 4 is 23.2 Å². The summed E-state index contributed by atoms with van der Waals surface area (Å²) in [5.74, 6) is -0.302. The van der Waals surface area contributed by atoms with Crippen LogP contribution in [0.1, 0.15) is 15.9 Å². The molecule has 0 spiro atoms. The summed E-state index contributed by atoms with van der Waals surface area (Å²) < 4.78 is 0. The number of aromatic hydroxyl groups is 2. The van der Waals surface area contributed by atoms with E-state index in [-0.39, 0.29) is 22.4 Å². The fraction of sp³-hybridized carbons (Fsp3) is 0.0714. The largest absolute Gasteiger partial charge is 0.508 e. The lowest BCUT2D eigenvalue weighted by molar-refractivity contribution is 0.102. The smallest absolute Gasteiger partial charge is 0.255 e. The van der Waals surface area contributed by atoms with E-state index in [1.807, 2.05) is 0 Å². The number of halogens is 1. The van der Waals surface area contributed by atoms with Gasteiger partial charge in [-0.05, 0) is 36.8 Å². The number of benzene rings is 2. The molecule has 0 atom stereocenters. The quantitative estimate of drug-likeness (QED) is 0.738. The van der Waals surface area contributed by atoms with Crippen LogP contribution in [-0.4, -0.2) is 16.1 Å². The third-order valence-electron chi connectivity index (χ3n) is 2.67. The number of rotatable bonds is 2. The predicted octanol–water partition coefficient (Wildman–Crippen LogP) is 3.31. The van der Waals surface area contributed by atoms with Gasteiger partial charge in [-0.1, -0.05) is 17.7 Å². The molecule has 2 aromatic rings. The Kier molecular flexibility index (Phi) is 3.62. The van der Waals surface area contributed by atoms with Gasteiger partial charge in [-0.15, -0.1) is 0 Å². The molecule has 2 rings (SSSR count). The molecule has 0 aromatic heterocycles. The summed E-state index contributed by atoms with van der Waals surface area (Å²) in [7, 11) is 0. The van der Waals surface area contributed by atoms with Crippen molar-refractivity contribution in [2.75, 3.05) is 5.32 Å². The normalized spacial score (nSPS) is 10.2. The molecule has 19 heavy (non-hydrogen) atoms. The summed E-state index contributed by atoms with van der Waals surface area (Å²) in [6.45, 7) is 1.74. The molecule has 0 bridgehead atoms. The summed E-state index contributed by atoms with van der Waals surface area (Å²) in [6.07, 6.45) is 0. The molecule has 0 saturated carbocycles. The number of carbonyl (C=O) groups excluding carboxylic acids is 1. The van der Waals surface area contributed by atoms with Crippen molar-refractivity contribution in [2.45, 2.75) is 6.92 Å². The van der Waals surface area contributed by atoms with Crippen LogP contribution in [0, 0.1) is 6.92 Å². The van der Waals surface area contributed by atoms with Crippen LogP contribution in [0.4, 0.5) is 5.69 Å². The highest BCUT2D eigenvalue weighted by molar-refractivity contribution is 6.34. The van der Waals surface area contributed by atoms with Crippen LogP contribution in [0.2, 0.25) is 5.02 Å². The Bertz CT molecular complexity index is 641. The number of aryl methyl sites for hydroxylation is 1. The topological polar surface area (TPSA) is 69.6 Å². The highest BCUT2D eigenvalue weighted by atomic mass is 35.5. The summed E-state index contributed by atoms with van der Waals surface area (Å²) in [5, 5.41) is 21.6. The van der Waals surface area contributed by atoms with E-state index >= 15 is 0 Å². The number of hydrogen-bond donors (Lipinski definition) is 3. The molecule has 0 aliphatic heterocycles. The van der Waals surface area contributed by atoms with Crippen LogP contribution < -0.4 is 5.32 Å². The zero-order valence-corrected chi connectivity index (χ0v) is 10.9. The van der Waals surface area contributed by atoms with Gasteiger partial charge < -0.3 is 15.5 Å². The van der Waals surface area contributed by atoms with Gasteiger partial charge in [0.15, 0.2) is 0 Å². The fourth-order valence-electron chi connectivity index (χ4n) is 1.55. The first-order valence-electron chi connectivity index (χ1n) is 5.57. The van der Waals surface area contributed by atoms with Gasteiger partial charge in [-0.3, -0.25) is 4.79 Å². The second kappa shape index (κ2) is 5.20. The van der Waals surface area contributed by atoms with Crippen LogP contribution in [0.25, 0.3) is 0 Å². The van der Waals surface area contributed by atoms with Gasteiger partial charge in [0, 0.05) is 11.6 Å². The summed E-state index contributed by atoms with van der Waals surface area (Å²) in [4.78, 5) is 12.0. The molecule has 4 nitrogen and oxygen atoms in total. The van der Waals surface area contributed by atoms with Crippen molar-refractivity contribution in [2.24, 2.45) is 0 Å². The third-order valence-corrected chi connectivity index (χ3v) is 2.98.